The van der Waals surface area contributed by atoms with Gasteiger partial charge in [-0.25, -0.2) is 0 Å². The van der Waals surface area contributed by atoms with Crippen molar-refractivity contribution in [1.82, 2.24) is 9.97 Å². The molecule has 0 saturated heterocycles. The lowest BCUT2D eigenvalue weighted by Crippen LogP contribution is -2.15. The molecule has 0 aromatic carbocycles. The molecule has 3 nitrogen and oxygen atoms in total. The van der Waals surface area contributed by atoms with E-state index in [1.165, 1.54) is 0 Å². The Balaban J connectivity index is 2.34. The highest BCUT2D eigenvalue weighted by molar-refractivity contribution is 9.10. The second-order valence-corrected chi connectivity index (χ2v) is 5.20. The first-order valence-corrected chi connectivity index (χ1v) is 6.76. The van der Waals surface area contributed by atoms with Crippen LogP contribution in [0, 0.1) is 0 Å². The van der Waals surface area contributed by atoms with Crippen LogP contribution < -0.4 is 5.32 Å². The molecule has 0 amide bonds. The van der Waals surface area contributed by atoms with Crippen molar-refractivity contribution >= 4 is 44.3 Å². The molecule has 0 aliphatic rings. The standard InChI is InChI=1S/C12H13BrClN3/c1-8(2-4-14)17-10-3-5-15-11-6-9(13)7-16-12(10)11/h3,5-8H,2,4H2,1H3,(H,15,17). The van der Waals surface area contributed by atoms with Crippen LogP contribution in [0.25, 0.3) is 11.0 Å². The quantitative estimate of drug-likeness (QED) is 0.872. The van der Waals surface area contributed by atoms with Gasteiger partial charge < -0.3 is 5.32 Å². The topological polar surface area (TPSA) is 37.8 Å². The fourth-order valence-electron chi connectivity index (χ4n) is 1.62. The Morgan fingerprint density at radius 3 is 3.06 bits per heavy atom. The number of pyridine rings is 2. The fourth-order valence-corrected chi connectivity index (χ4v) is 2.27. The lowest BCUT2D eigenvalue weighted by Gasteiger charge is -2.14. The highest BCUT2D eigenvalue weighted by atomic mass is 79.9. The third kappa shape index (κ3) is 3.07. The Labute approximate surface area is 114 Å². The zero-order chi connectivity index (χ0) is 12.3. The number of fused-ring (bicyclic) bond motifs is 1. The number of hydrogen-bond donors (Lipinski definition) is 1. The van der Waals surface area contributed by atoms with Gasteiger partial charge in [-0.05, 0) is 41.4 Å². The van der Waals surface area contributed by atoms with Crippen LogP contribution in [0.2, 0.25) is 0 Å². The van der Waals surface area contributed by atoms with Crippen molar-refractivity contribution in [2.75, 3.05) is 11.2 Å². The number of anilines is 1. The van der Waals surface area contributed by atoms with E-state index >= 15 is 0 Å². The van der Waals surface area contributed by atoms with Gasteiger partial charge in [0.05, 0.1) is 11.2 Å². The Hall–Kier alpha value is -0.870. The maximum absolute atomic E-state index is 5.73. The van der Waals surface area contributed by atoms with Crippen LogP contribution >= 0.6 is 27.5 Å². The summed E-state index contributed by atoms with van der Waals surface area (Å²) in [4.78, 5) is 8.69. The molecular formula is C12H13BrClN3. The maximum Gasteiger partial charge on any atom is 0.112 e. The summed E-state index contributed by atoms with van der Waals surface area (Å²) >= 11 is 9.12. The highest BCUT2D eigenvalue weighted by Gasteiger charge is 2.06. The van der Waals surface area contributed by atoms with E-state index < -0.39 is 0 Å². The molecule has 2 heterocycles. The van der Waals surface area contributed by atoms with Crippen molar-refractivity contribution in [1.29, 1.82) is 0 Å². The molecule has 1 N–H and O–H groups in total. The summed E-state index contributed by atoms with van der Waals surface area (Å²) < 4.78 is 0.934. The van der Waals surface area contributed by atoms with Crippen molar-refractivity contribution in [2.45, 2.75) is 19.4 Å². The smallest absolute Gasteiger partial charge is 0.112 e. The van der Waals surface area contributed by atoms with Crippen LogP contribution in [0.1, 0.15) is 13.3 Å². The summed E-state index contributed by atoms with van der Waals surface area (Å²) in [5.41, 5.74) is 2.76. The minimum atomic E-state index is 0.323. The number of hydrogen-bond acceptors (Lipinski definition) is 3. The molecule has 2 aromatic heterocycles. The van der Waals surface area contributed by atoms with E-state index in [-0.39, 0.29) is 0 Å². The summed E-state index contributed by atoms with van der Waals surface area (Å²) in [6.45, 7) is 2.10. The van der Waals surface area contributed by atoms with Gasteiger partial charge in [-0.1, -0.05) is 0 Å². The first kappa shape index (κ1) is 12.6. The molecule has 17 heavy (non-hydrogen) atoms. The van der Waals surface area contributed by atoms with Crippen LogP contribution in [0.3, 0.4) is 0 Å². The van der Waals surface area contributed by atoms with Crippen molar-refractivity contribution in [3.63, 3.8) is 0 Å². The maximum atomic E-state index is 5.73. The van der Waals surface area contributed by atoms with Gasteiger partial charge in [0.25, 0.3) is 0 Å². The van der Waals surface area contributed by atoms with Crippen LogP contribution in [0.5, 0.6) is 0 Å². The lowest BCUT2D eigenvalue weighted by atomic mass is 10.2. The van der Waals surface area contributed by atoms with E-state index in [0.29, 0.717) is 11.9 Å². The van der Waals surface area contributed by atoms with Gasteiger partial charge in [0.2, 0.25) is 0 Å². The zero-order valence-corrected chi connectivity index (χ0v) is 11.8. The minimum Gasteiger partial charge on any atom is -0.381 e. The molecule has 1 atom stereocenters. The summed E-state index contributed by atoms with van der Waals surface area (Å²) in [6.07, 6.45) is 4.48. The van der Waals surface area contributed by atoms with Gasteiger partial charge >= 0.3 is 0 Å². The number of aromatic nitrogens is 2. The number of alkyl halides is 1. The summed E-state index contributed by atoms with van der Waals surface area (Å²) in [6, 6.07) is 4.22. The zero-order valence-electron chi connectivity index (χ0n) is 9.45. The highest BCUT2D eigenvalue weighted by Crippen LogP contribution is 2.22. The molecule has 0 bridgehead atoms. The predicted molar refractivity (Wildman–Crippen MR) is 75.7 cm³/mol. The Morgan fingerprint density at radius 2 is 2.29 bits per heavy atom. The second kappa shape index (κ2) is 5.65. The van der Waals surface area contributed by atoms with Crippen molar-refractivity contribution in [3.8, 4) is 0 Å². The Morgan fingerprint density at radius 1 is 1.47 bits per heavy atom. The van der Waals surface area contributed by atoms with E-state index in [0.717, 1.165) is 27.6 Å². The number of nitrogens with one attached hydrogen (secondary N) is 1. The monoisotopic (exact) mass is 313 g/mol. The Bertz CT molecular complexity index is 518. The molecule has 1 unspecified atom stereocenters. The molecule has 5 heteroatoms. The fraction of sp³-hybridized carbons (Fsp3) is 0.333. The summed E-state index contributed by atoms with van der Waals surface area (Å²) in [7, 11) is 0. The molecule has 2 aromatic rings. The van der Waals surface area contributed by atoms with E-state index in [1.807, 2.05) is 12.1 Å². The molecular weight excluding hydrogens is 302 g/mol. The van der Waals surface area contributed by atoms with Gasteiger partial charge in [-0.15, -0.1) is 11.6 Å². The second-order valence-electron chi connectivity index (χ2n) is 3.90. The lowest BCUT2D eigenvalue weighted by molar-refractivity contribution is 0.769. The first-order valence-electron chi connectivity index (χ1n) is 5.43. The molecule has 2 rings (SSSR count). The van der Waals surface area contributed by atoms with Crippen LogP contribution in [0.4, 0.5) is 5.69 Å². The predicted octanol–water partition coefficient (Wildman–Crippen LogP) is 3.82. The third-order valence-electron chi connectivity index (χ3n) is 2.49. The van der Waals surface area contributed by atoms with Gasteiger partial charge in [0, 0.05) is 28.8 Å². The van der Waals surface area contributed by atoms with Crippen molar-refractivity contribution in [3.05, 3.63) is 29.0 Å². The van der Waals surface area contributed by atoms with Crippen molar-refractivity contribution in [2.24, 2.45) is 0 Å². The summed E-state index contributed by atoms with van der Waals surface area (Å²) in [5, 5.41) is 3.40. The van der Waals surface area contributed by atoms with Crippen LogP contribution in [-0.2, 0) is 0 Å². The average Bonchev–Trinajstić information content (AvgIpc) is 2.29. The molecule has 0 fully saturated rings. The van der Waals surface area contributed by atoms with Crippen LogP contribution in [-0.4, -0.2) is 21.9 Å². The molecule has 0 aliphatic heterocycles. The number of nitrogens with zero attached hydrogens (tertiary/aromatic N) is 2. The van der Waals surface area contributed by atoms with Gasteiger partial charge in [-0.3, -0.25) is 9.97 Å². The largest absolute Gasteiger partial charge is 0.381 e. The van der Waals surface area contributed by atoms with E-state index in [2.05, 4.69) is 38.1 Å². The molecule has 0 spiro atoms. The van der Waals surface area contributed by atoms with Gasteiger partial charge in [0.1, 0.15) is 5.52 Å². The number of rotatable bonds is 4. The normalized spacial score (nSPS) is 12.6. The van der Waals surface area contributed by atoms with Crippen LogP contribution in [0.15, 0.2) is 29.0 Å². The molecule has 90 valence electrons. The van der Waals surface area contributed by atoms with Crippen molar-refractivity contribution < 1.29 is 0 Å². The molecule has 0 aliphatic carbocycles. The first-order chi connectivity index (χ1) is 8.20. The van der Waals surface area contributed by atoms with Gasteiger partial charge in [-0.2, -0.15) is 0 Å². The van der Waals surface area contributed by atoms with Gasteiger partial charge in [0.15, 0.2) is 0 Å². The minimum absolute atomic E-state index is 0.323. The SMILES string of the molecule is CC(CCCl)Nc1ccnc2cc(Br)cnc12. The van der Waals surface area contributed by atoms with E-state index in [9.17, 15) is 0 Å². The average molecular weight is 315 g/mol. The number of halogens is 2. The molecule has 0 saturated carbocycles. The third-order valence-corrected chi connectivity index (χ3v) is 3.14. The van der Waals surface area contributed by atoms with E-state index in [4.69, 9.17) is 11.6 Å². The summed E-state index contributed by atoms with van der Waals surface area (Å²) in [5.74, 6) is 0.649. The Kier molecular flexibility index (Phi) is 4.18. The van der Waals surface area contributed by atoms with E-state index in [1.54, 1.807) is 12.4 Å². The molecule has 0 radical (unpaired) electrons.